The number of benzene rings is 3. The van der Waals surface area contributed by atoms with E-state index in [0.29, 0.717) is 21.7 Å². The molecule has 0 bridgehead atoms. The summed E-state index contributed by atoms with van der Waals surface area (Å²) in [5, 5.41) is 16.4. The number of carbonyl (C=O) groups is 1. The molecule has 1 aliphatic heterocycles. The largest absolute Gasteiger partial charge is 0.480 e. The molecule has 2 heterocycles. The highest BCUT2D eigenvalue weighted by Crippen LogP contribution is 2.46. The van der Waals surface area contributed by atoms with E-state index >= 15 is 0 Å². The van der Waals surface area contributed by atoms with Gasteiger partial charge in [0.25, 0.3) is 5.56 Å². The van der Waals surface area contributed by atoms with Gasteiger partial charge in [-0.2, -0.15) is 13.2 Å². The van der Waals surface area contributed by atoms with E-state index in [1.54, 1.807) is 6.07 Å². The molecular weight excluding hydrogens is 611 g/mol. The molecule has 1 aromatic heterocycles. The first-order valence-electron chi connectivity index (χ1n) is 16.1. The molecule has 0 amide bonds. The Morgan fingerprint density at radius 2 is 1.63 bits per heavy atom. The van der Waals surface area contributed by atoms with E-state index in [-0.39, 0.29) is 30.7 Å². The Morgan fingerprint density at radius 1 is 0.935 bits per heavy atom. The molecule has 1 unspecified atom stereocenters. The van der Waals surface area contributed by atoms with Crippen molar-refractivity contribution < 1.29 is 23.1 Å². The van der Waals surface area contributed by atoms with Gasteiger partial charge < -0.3 is 10.4 Å². The molecule has 2 saturated carbocycles. The molecule has 4 aromatic rings. The van der Waals surface area contributed by atoms with Crippen LogP contribution in [0.1, 0.15) is 74.1 Å². The van der Waals surface area contributed by atoms with Crippen LogP contribution in [0.5, 0.6) is 0 Å². The summed E-state index contributed by atoms with van der Waals surface area (Å²) in [7, 11) is 0. The molecule has 6 nitrogen and oxygen atoms in total. The standard InChI is InChI=1S/C36H36F3N3O3S/c37-36(38,39)25-13-8-12-24(19-25)31-29(20-23-11-7-10-22-9-1-6-18-28(22)23)32(40-26-14-2-3-15-26)33(43)42-30(35(44)45)21-41(46-34(31)42)27-16-4-5-17-27/h1,6-13,18-19,26-27,30,40H,2-5,14-17,20-21H2,(H,44,45). The third-order valence-corrected chi connectivity index (χ3v) is 11.0. The van der Waals surface area contributed by atoms with Crippen molar-refractivity contribution in [1.29, 1.82) is 0 Å². The predicted molar refractivity (Wildman–Crippen MR) is 175 cm³/mol. The topological polar surface area (TPSA) is 74.6 Å². The minimum absolute atomic E-state index is 0.0153. The van der Waals surface area contributed by atoms with Gasteiger partial charge in [-0.3, -0.25) is 9.36 Å². The van der Waals surface area contributed by atoms with Gasteiger partial charge in [-0.25, -0.2) is 9.10 Å². The van der Waals surface area contributed by atoms with Gasteiger partial charge in [0.1, 0.15) is 16.8 Å². The van der Waals surface area contributed by atoms with Gasteiger partial charge in [0.05, 0.1) is 5.56 Å². The maximum Gasteiger partial charge on any atom is 0.416 e. The highest BCUT2D eigenvalue weighted by molar-refractivity contribution is 7.97. The number of rotatable bonds is 7. The second kappa shape index (κ2) is 12.4. The summed E-state index contributed by atoms with van der Waals surface area (Å²) in [6, 6.07) is 18.1. The monoisotopic (exact) mass is 647 g/mol. The number of hydrogen-bond acceptors (Lipinski definition) is 5. The number of fused-ring (bicyclic) bond motifs is 2. The maximum atomic E-state index is 14.7. The van der Waals surface area contributed by atoms with Crippen molar-refractivity contribution in [1.82, 2.24) is 8.87 Å². The summed E-state index contributed by atoms with van der Waals surface area (Å²) >= 11 is 1.33. The molecule has 46 heavy (non-hydrogen) atoms. The first kappa shape index (κ1) is 30.9. The zero-order valence-electron chi connectivity index (χ0n) is 25.4. The van der Waals surface area contributed by atoms with Gasteiger partial charge in [-0.1, -0.05) is 80.3 Å². The van der Waals surface area contributed by atoms with Crippen LogP contribution in [0.25, 0.3) is 21.9 Å². The summed E-state index contributed by atoms with van der Waals surface area (Å²) in [5.41, 5.74) is 1.40. The summed E-state index contributed by atoms with van der Waals surface area (Å²) in [5.74, 6) is -1.13. The van der Waals surface area contributed by atoms with E-state index < -0.39 is 29.3 Å². The van der Waals surface area contributed by atoms with E-state index in [1.165, 1.54) is 22.6 Å². The van der Waals surface area contributed by atoms with Crippen molar-refractivity contribution in [2.24, 2.45) is 0 Å². The molecular formula is C36H36F3N3O3S. The summed E-state index contributed by atoms with van der Waals surface area (Å²) in [6.07, 6.45) is 3.33. The number of aliphatic carboxylic acids is 1. The fourth-order valence-electron chi connectivity index (χ4n) is 7.48. The Balaban J connectivity index is 1.53. The SMILES string of the molecule is O=C(O)C1CN(C2CCCC2)Sc2c(-c3cccc(C(F)(F)F)c3)c(Cc3cccc4ccccc34)c(NC3CCCC3)c(=O)n21. The van der Waals surface area contributed by atoms with Crippen LogP contribution in [0.4, 0.5) is 18.9 Å². The number of carboxylic acids is 1. The lowest BCUT2D eigenvalue weighted by molar-refractivity contribution is -0.141. The second-order valence-corrected chi connectivity index (χ2v) is 13.7. The summed E-state index contributed by atoms with van der Waals surface area (Å²) in [4.78, 5) is 27.5. The Labute approximate surface area is 269 Å². The molecule has 2 N–H and O–H groups in total. The number of aromatic nitrogens is 1. The number of anilines is 1. The predicted octanol–water partition coefficient (Wildman–Crippen LogP) is 8.52. The molecule has 7 rings (SSSR count). The number of nitrogens with one attached hydrogen (secondary N) is 1. The summed E-state index contributed by atoms with van der Waals surface area (Å²) < 4.78 is 45.8. The minimum atomic E-state index is -4.57. The molecule has 2 fully saturated rings. The quantitative estimate of drug-likeness (QED) is 0.196. The maximum absolute atomic E-state index is 14.7. The lowest BCUT2D eigenvalue weighted by Gasteiger charge is -2.38. The molecule has 240 valence electrons. The van der Waals surface area contributed by atoms with Gasteiger partial charge in [0.15, 0.2) is 0 Å². The average Bonchev–Trinajstić information content (AvgIpc) is 3.78. The Morgan fingerprint density at radius 3 is 2.37 bits per heavy atom. The molecule has 3 aromatic carbocycles. The van der Waals surface area contributed by atoms with Crippen LogP contribution < -0.4 is 10.9 Å². The molecule has 10 heteroatoms. The van der Waals surface area contributed by atoms with Gasteiger partial charge in [-0.15, -0.1) is 0 Å². The van der Waals surface area contributed by atoms with E-state index in [1.807, 2.05) is 42.5 Å². The normalized spacial score (nSPS) is 19.5. The third kappa shape index (κ3) is 5.81. The summed E-state index contributed by atoms with van der Waals surface area (Å²) in [6.45, 7) is 0.144. The number of alkyl halides is 3. The van der Waals surface area contributed by atoms with Crippen molar-refractivity contribution in [3.63, 3.8) is 0 Å². The van der Waals surface area contributed by atoms with Crippen LogP contribution in [0.15, 0.2) is 76.6 Å². The highest BCUT2D eigenvalue weighted by atomic mass is 32.2. The van der Waals surface area contributed by atoms with Crippen molar-refractivity contribution in [2.45, 2.75) is 87.1 Å². The Kier molecular flexibility index (Phi) is 8.35. The van der Waals surface area contributed by atoms with Crippen LogP contribution in [0.3, 0.4) is 0 Å². The zero-order chi connectivity index (χ0) is 32.0. The molecule has 2 aliphatic carbocycles. The van der Waals surface area contributed by atoms with Gasteiger partial charge in [0, 0.05) is 30.6 Å². The fourth-order valence-corrected chi connectivity index (χ4v) is 8.91. The zero-order valence-corrected chi connectivity index (χ0v) is 26.2. The van der Waals surface area contributed by atoms with Crippen LogP contribution in [-0.4, -0.2) is 38.6 Å². The van der Waals surface area contributed by atoms with E-state index in [2.05, 4.69) is 9.62 Å². The number of carboxylic acid groups (broad SMARTS) is 1. The lowest BCUT2D eigenvalue weighted by atomic mass is 9.91. The number of nitrogens with zero attached hydrogens (tertiary/aromatic N) is 2. The van der Waals surface area contributed by atoms with Crippen molar-refractivity contribution >= 4 is 34.4 Å². The van der Waals surface area contributed by atoms with Crippen LogP contribution in [-0.2, 0) is 17.4 Å². The molecule has 0 saturated heterocycles. The van der Waals surface area contributed by atoms with Crippen LogP contribution in [0.2, 0.25) is 0 Å². The number of hydrogen-bond donors (Lipinski definition) is 2. The molecule has 0 radical (unpaired) electrons. The van der Waals surface area contributed by atoms with E-state index in [9.17, 15) is 27.9 Å². The smallest absolute Gasteiger partial charge is 0.416 e. The van der Waals surface area contributed by atoms with Crippen molar-refractivity contribution in [2.75, 3.05) is 11.9 Å². The Hall–Kier alpha value is -3.76. The van der Waals surface area contributed by atoms with Crippen molar-refractivity contribution in [3.05, 3.63) is 93.8 Å². The first-order valence-corrected chi connectivity index (χ1v) is 16.9. The minimum Gasteiger partial charge on any atom is -0.480 e. The lowest BCUT2D eigenvalue weighted by Crippen LogP contribution is -2.45. The van der Waals surface area contributed by atoms with E-state index in [4.69, 9.17) is 0 Å². The van der Waals surface area contributed by atoms with Crippen molar-refractivity contribution in [3.8, 4) is 11.1 Å². The second-order valence-electron chi connectivity index (χ2n) is 12.7. The van der Waals surface area contributed by atoms with Crippen LogP contribution in [0, 0.1) is 0 Å². The number of halogens is 3. The third-order valence-electron chi connectivity index (χ3n) is 9.78. The van der Waals surface area contributed by atoms with Gasteiger partial charge in [0.2, 0.25) is 0 Å². The van der Waals surface area contributed by atoms with Crippen LogP contribution >= 0.6 is 11.9 Å². The van der Waals surface area contributed by atoms with Gasteiger partial charge in [-0.05, 0) is 77.2 Å². The average molecular weight is 648 g/mol. The number of pyridine rings is 1. The first-order chi connectivity index (χ1) is 22.2. The fraction of sp³-hybridized carbons (Fsp3) is 0.389. The van der Waals surface area contributed by atoms with Gasteiger partial charge >= 0.3 is 12.1 Å². The van der Waals surface area contributed by atoms with E-state index in [0.717, 1.165) is 79.8 Å². The molecule has 3 aliphatic rings. The Bertz CT molecular complexity index is 1840. The molecule has 1 atom stereocenters. The highest BCUT2D eigenvalue weighted by Gasteiger charge is 2.40. The molecule has 0 spiro atoms.